The largest absolute Gasteiger partial charge is 0.353 e. The Bertz CT molecular complexity index is 1280. The maximum absolute atomic E-state index is 13.8. The standard InChI is InChI=1S/C28H31ClN4O2S/c1-6-18(4)30-24(34)14-22-15-36-28-31-19(5)25(26(33(22)28)20-8-10-21(29)11-9-20)27(35)32-23-12-7-16(2)13-17(23)3/h7-13,15,18,26H,6,14H2,1-5H3,(H,30,34)(H,32,35). The first-order chi connectivity index (χ1) is 17.2. The van der Waals surface area contributed by atoms with Crippen LogP contribution in [0.4, 0.5) is 5.69 Å². The Balaban J connectivity index is 1.71. The minimum Gasteiger partial charge on any atom is -0.353 e. The fourth-order valence-electron chi connectivity index (χ4n) is 4.36. The maximum Gasteiger partial charge on any atom is 0.255 e. The molecule has 0 spiro atoms. The van der Waals surface area contributed by atoms with E-state index < -0.39 is 6.04 Å². The zero-order chi connectivity index (χ0) is 26.0. The molecule has 0 aliphatic carbocycles. The van der Waals surface area contributed by atoms with E-state index in [2.05, 4.69) is 10.6 Å². The van der Waals surface area contributed by atoms with E-state index in [1.807, 2.05) is 87.4 Å². The highest BCUT2D eigenvalue weighted by Gasteiger charge is 2.40. The lowest BCUT2D eigenvalue weighted by atomic mass is 9.93. The minimum atomic E-state index is -0.446. The van der Waals surface area contributed by atoms with Crippen LogP contribution in [0.2, 0.25) is 5.02 Å². The van der Waals surface area contributed by atoms with Crippen molar-refractivity contribution in [3.63, 3.8) is 0 Å². The van der Waals surface area contributed by atoms with E-state index >= 15 is 0 Å². The summed E-state index contributed by atoms with van der Waals surface area (Å²) in [5.41, 5.74) is 5.77. The van der Waals surface area contributed by atoms with Gasteiger partial charge in [0.05, 0.1) is 23.7 Å². The molecule has 2 aliphatic rings. The van der Waals surface area contributed by atoms with Gasteiger partial charge in [-0.3, -0.25) is 9.59 Å². The number of fused-ring (bicyclic) bond motifs is 1. The lowest BCUT2D eigenvalue weighted by molar-refractivity contribution is -0.121. The minimum absolute atomic E-state index is 0.0557. The van der Waals surface area contributed by atoms with Gasteiger partial charge in [-0.2, -0.15) is 0 Å². The van der Waals surface area contributed by atoms with Gasteiger partial charge in [-0.25, -0.2) is 4.99 Å². The Hall–Kier alpha value is -3.03. The summed E-state index contributed by atoms with van der Waals surface area (Å²) in [4.78, 5) is 33.3. The van der Waals surface area contributed by atoms with Crippen LogP contribution in [0.3, 0.4) is 0 Å². The number of aryl methyl sites for hydroxylation is 2. The van der Waals surface area contributed by atoms with E-state index in [0.717, 1.165) is 39.7 Å². The third kappa shape index (κ3) is 5.52. The molecule has 4 rings (SSSR count). The van der Waals surface area contributed by atoms with Crippen LogP contribution in [0.1, 0.15) is 56.3 Å². The third-order valence-corrected chi connectivity index (χ3v) is 7.56. The SMILES string of the molecule is CCC(C)NC(=O)CC1=CSC2=NC(C)=C(C(=O)Nc3ccc(C)cc3C)C(c3ccc(Cl)cc3)N12. The van der Waals surface area contributed by atoms with Gasteiger partial charge in [0, 0.05) is 22.4 Å². The molecular weight excluding hydrogens is 492 g/mol. The molecule has 2 amide bonds. The summed E-state index contributed by atoms with van der Waals surface area (Å²) in [6.45, 7) is 9.89. The highest BCUT2D eigenvalue weighted by Crippen LogP contribution is 2.45. The average Bonchev–Trinajstić information content (AvgIpc) is 3.22. The second-order valence-corrected chi connectivity index (χ2v) is 10.5. The predicted octanol–water partition coefficient (Wildman–Crippen LogP) is 6.48. The summed E-state index contributed by atoms with van der Waals surface area (Å²) in [7, 11) is 0. The molecule has 2 aromatic rings. The number of allylic oxidation sites excluding steroid dienone is 1. The van der Waals surface area contributed by atoms with Crippen molar-refractivity contribution in [3.8, 4) is 0 Å². The van der Waals surface area contributed by atoms with Gasteiger partial charge < -0.3 is 15.5 Å². The number of nitrogens with zero attached hydrogens (tertiary/aromatic N) is 2. The second-order valence-electron chi connectivity index (χ2n) is 9.27. The molecule has 8 heteroatoms. The predicted molar refractivity (Wildman–Crippen MR) is 149 cm³/mol. The molecule has 2 atom stereocenters. The number of aliphatic imine (C=N–C) groups is 1. The Kier molecular flexibility index (Phi) is 7.91. The van der Waals surface area contributed by atoms with Crippen LogP contribution >= 0.6 is 23.4 Å². The van der Waals surface area contributed by atoms with Gasteiger partial charge in [0.15, 0.2) is 5.17 Å². The van der Waals surface area contributed by atoms with Crippen LogP contribution in [-0.4, -0.2) is 27.9 Å². The summed E-state index contributed by atoms with van der Waals surface area (Å²) in [5, 5.41) is 9.45. The van der Waals surface area contributed by atoms with Crippen molar-refractivity contribution >= 4 is 46.0 Å². The summed E-state index contributed by atoms with van der Waals surface area (Å²) < 4.78 is 0. The van der Waals surface area contributed by atoms with E-state index in [0.29, 0.717) is 16.3 Å². The number of benzene rings is 2. The Morgan fingerprint density at radius 2 is 1.86 bits per heavy atom. The zero-order valence-corrected chi connectivity index (χ0v) is 22.8. The van der Waals surface area contributed by atoms with E-state index in [1.54, 1.807) is 0 Å². The van der Waals surface area contributed by atoms with Crippen molar-refractivity contribution in [1.82, 2.24) is 10.2 Å². The molecule has 0 saturated heterocycles. The number of nitrogens with one attached hydrogen (secondary N) is 2. The molecule has 0 saturated carbocycles. The van der Waals surface area contributed by atoms with Crippen molar-refractivity contribution in [2.45, 2.75) is 59.5 Å². The Labute approximate surface area is 221 Å². The molecule has 36 heavy (non-hydrogen) atoms. The van der Waals surface area contributed by atoms with Crippen LogP contribution in [-0.2, 0) is 9.59 Å². The quantitative estimate of drug-likeness (QED) is 0.436. The smallest absolute Gasteiger partial charge is 0.255 e. The highest BCUT2D eigenvalue weighted by molar-refractivity contribution is 8.16. The van der Waals surface area contributed by atoms with Crippen molar-refractivity contribution in [3.05, 3.63) is 86.6 Å². The number of amides is 2. The van der Waals surface area contributed by atoms with Crippen LogP contribution in [0, 0.1) is 13.8 Å². The van der Waals surface area contributed by atoms with E-state index in [1.165, 1.54) is 11.8 Å². The molecule has 0 radical (unpaired) electrons. The normalized spacial score (nSPS) is 17.8. The molecule has 2 unspecified atom stereocenters. The zero-order valence-electron chi connectivity index (χ0n) is 21.2. The van der Waals surface area contributed by atoms with Gasteiger partial charge in [0.2, 0.25) is 5.91 Å². The van der Waals surface area contributed by atoms with Gasteiger partial charge >= 0.3 is 0 Å². The molecule has 2 aliphatic heterocycles. The summed E-state index contributed by atoms with van der Waals surface area (Å²) in [6.07, 6.45) is 1.06. The number of rotatable bonds is 7. The van der Waals surface area contributed by atoms with Crippen LogP contribution in [0.5, 0.6) is 0 Å². The molecule has 188 valence electrons. The maximum atomic E-state index is 13.8. The molecular formula is C28H31ClN4O2S. The molecule has 2 N–H and O–H groups in total. The summed E-state index contributed by atoms with van der Waals surface area (Å²) in [6, 6.07) is 13.1. The van der Waals surface area contributed by atoms with Gasteiger partial charge in [-0.05, 0) is 68.8 Å². The van der Waals surface area contributed by atoms with Crippen LogP contribution < -0.4 is 10.6 Å². The number of amidine groups is 1. The molecule has 2 aromatic carbocycles. The highest BCUT2D eigenvalue weighted by atomic mass is 35.5. The lowest BCUT2D eigenvalue weighted by Gasteiger charge is -2.36. The average molecular weight is 523 g/mol. The van der Waals surface area contributed by atoms with E-state index in [9.17, 15) is 9.59 Å². The first-order valence-electron chi connectivity index (χ1n) is 12.1. The monoisotopic (exact) mass is 522 g/mol. The second kappa shape index (κ2) is 10.9. The van der Waals surface area contributed by atoms with Gasteiger partial charge in [-0.15, -0.1) is 0 Å². The van der Waals surface area contributed by atoms with Gasteiger partial charge in [-0.1, -0.05) is 60.1 Å². The molecule has 0 fully saturated rings. The summed E-state index contributed by atoms with van der Waals surface area (Å²) >= 11 is 7.66. The van der Waals surface area contributed by atoms with Crippen molar-refractivity contribution in [2.75, 3.05) is 5.32 Å². The van der Waals surface area contributed by atoms with Gasteiger partial charge in [0.1, 0.15) is 0 Å². The topological polar surface area (TPSA) is 73.8 Å². The molecule has 2 heterocycles. The fraction of sp³-hybridized carbons (Fsp3) is 0.321. The third-order valence-electron chi connectivity index (χ3n) is 6.42. The Morgan fingerprint density at radius 1 is 1.14 bits per heavy atom. The molecule has 0 bridgehead atoms. The van der Waals surface area contributed by atoms with E-state index in [-0.39, 0.29) is 24.3 Å². The van der Waals surface area contributed by atoms with Crippen LogP contribution in [0.25, 0.3) is 0 Å². The number of hydrogen-bond acceptors (Lipinski definition) is 5. The summed E-state index contributed by atoms with van der Waals surface area (Å²) in [5.74, 6) is -0.276. The number of carbonyl (C=O) groups excluding carboxylic acids is 2. The van der Waals surface area contributed by atoms with Crippen molar-refractivity contribution in [1.29, 1.82) is 0 Å². The fourth-order valence-corrected chi connectivity index (χ4v) is 5.45. The number of carbonyl (C=O) groups is 2. The number of hydrogen-bond donors (Lipinski definition) is 2. The number of thioether (sulfide) groups is 1. The number of halogens is 1. The molecule has 0 aromatic heterocycles. The molecule has 6 nitrogen and oxygen atoms in total. The number of anilines is 1. The first-order valence-corrected chi connectivity index (χ1v) is 13.3. The van der Waals surface area contributed by atoms with Crippen LogP contribution in [0.15, 0.2) is 69.8 Å². The van der Waals surface area contributed by atoms with Crippen molar-refractivity contribution < 1.29 is 9.59 Å². The van der Waals surface area contributed by atoms with Gasteiger partial charge in [0.25, 0.3) is 5.91 Å². The Morgan fingerprint density at radius 3 is 2.53 bits per heavy atom. The lowest BCUT2D eigenvalue weighted by Crippen LogP contribution is -2.39. The van der Waals surface area contributed by atoms with Crippen molar-refractivity contribution in [2.24, 2.45) is 4.99 Å². The first kappa shape index (κ1) is 26.0. The van der Waals surface area contributed by atoms with E-state index in [4.69, 9.17) is 16.6 Å².